The lowest BCUT2D eigenvalue weighted by Crippen LogP contribution is -2.69. The number of aromatic nitrogens is 1. The van der Waals surface area contributed by atoms with Crippen LogP contribution < -0.4 is 10.1 Å². The molecule has 1 aliphatic heterocycles. The van der Waals surface area contributed by atoms with Crippen molar-refractivity contribution < 1.29 is 14.6 Å². The van der Waals surface area contributed by atoms with E-state index in [-0.39, 0.29) is 6.04 Å². The summed E-state index contributed by atoms with van der Waals surface area (Å²) < 4.78 is 5.82. The van der Waals surface area contributed by atoms with Crippen molar-refractivity contribution in [2.75, 3.05) is 13.7 Å². The number of likely N-dealkylation sites (tertiary alicyclic amines) is 1. The number of aromatic carboxylic acids is 1. The average molecular weight is 460 g/mol. The molecule has 3 N–H and O–H groups in total. The van der Waals surface area contributed by atoms with E-state index in [0.29, 0.717) is 17.1 Å². The number of rotatable bonds is 7. The zero-order chi connectivity index (χ0) is 23.4. The number of piperidine rings is 1. The van der Waals surface area contributed by atoms with Crippen molar-refractivity contribution in [2.45, 2.75) is 63.2 Å². The molecule has 0 radical (unpaired) electrons. The number of carbonyl (C=O) groups is 1. The largest absolute Gasteiger partial charge is 0.496 e. The fourth-order valence-corrected chi connectivity index (χ4v) is 6.60. The number of methoxy groups -OCH3 is 1. The highest BCUT2D eigenvalue weighted by Gasteiger charge is 2.57. The van der Waals surface area contributed by atoms with Gasteiger partial charge < -0.3 is 20.1 Å². The molecule has 2 heterocycles. The minimum Gasteiger partial charge on any atom is -0.496 e. The van der Waals surface area contributed by atoms with Gasteiger partial charge in [0.25, 0.3) is 0 Å². The number of hydrogen-bond acceptors (Lipinski definition) is 4. The van der Waals surface area contributed by atoms with Gasteiger partial charge in [0, 0.05) is 53.4 Å². The third-order valence-electron chi connectivity index (χ3n) is 8.50. The van der Waals surface area contributed by atoms with Gasteiger partial charge in [0.05, 0.1) is 12.7 Å². The molecule has 2 bridgehead atoms. The quantitative estimate of drug-likeness (QED) is 0.462. The second-order valence-electron chi connectivity index (χ2n) is 10.7. The Labute approximate surface area is 200 Å². The molecule has 2 atom stereocenters. The van der Waals surface area contributed by atoms with Gasteiger partial charge in [-0.3, -0.25) is 4.90 Å². The van der Waals surface area contributed by atoms with E-state index in [2.05, 4.69) is 34.3 Å². The van der Waals surface area contributed by atoms with Crippen LogP contribution in [0.5, 0.6) is 5.75 Å². The first kappa shape index (κ1) is 21.7. The number of nitrogens with zero attached hydrogens (tertiary/aromatic N) is 1. The van der Waals surface area contributed by atoms with E-state index in [1.807, 2.05) is 18.3 Å². The highest BCUT2D eigenvalue weighted by Crippen LogP contribution is 2.57. The van der Waals surface area contributed by atoms with Gasteiger partial charge in [0.1, 0.15) is 5.75 Å². The van der Waals surface area contributed by atoms with Gasteiger partial charge in [0.2, 0.25) is 0 Å². The monoisotopic (exact) mass is 459 g/mol. The molecule has 6 nitrogen and oxygen atoms in total. The highest BCUT2D eigenvalue weighted by atomic mass is 16.5. The highest BCUT2D eigenvalue weighted by molar-refractivity contribution is 5.88. The third-order valence-corrected chi connectivity index (χ3v) is 8.50. The van der Waals surface area contributed by atoms with Crippen molar-refractivity contribution >= 4 is 16.9 Å². The normalized spacial score (nSPS) is 28.4. The molecule has 0 amide bonds. The van der Waals surface area contributed by atoms with E-state index in [9.17, 15) is 9.90 Å². The predicted octanol–water partition coefficient (Wildman–Crippen LogP) is 5.03. The average Bonchev–Trinajstić information content (AvgIpc) is 3.28. The zero-order valence-corrected chi connectivity index (χ0v) is 19.9. The van der Waals surface area contributed by atoms with Crippen LogP contribution in [-0.2, 0) is 6.54 Å². The summed E-state index contributed by atoms with van der Waals surface area (Å²) in [5, 5.41) is 14.6. The molecule has 3 saturated carbocycles. The van der Waals surface area contributed by atoms with Crippen LogP contribution in [0.25, 0.3) is 10.9 Å². The first-order valence-corrected chi connectivity index (χ1v) is 12.4. The summed E-state index contributed by atoms with van der Waals surface area (Å²) >= 11 is 0. The Bertz CT molecular complexity index is 1210. The Morgan fingerprint density at radius 1 is 1.24 bits per heavy atom. The molecular weight excluding hydrogens is 426 g/mol. The lowest BCUT2D eigenvalue weighted by Gasteiger charge is -2.64. The van der Waals surface area contributed by atoms with Gasteiger partial charge in [-0.15, -0.1) is 0 Å². The summed E-state index contributed by atoms with van der Waals surface area (Å²) in [5.41, 5.74) is 5.49. The van der Waals surface area contributed by atoms with Crippen molar-refractivity contribution in [1.82, 2.24) is 15.2 Å². The zero-order valence-electron chi connectivity index (χ0n) is 19.9. The summed E-state index contributed by atoms with van der Waals surface area (Å²) in [7, 11) is 1.75. The molecule has 0 spiro atoms. The van der Waals surface area contributed by atoms with Crippen LogP contribution in [0.15, 0.2) is 42.6 Å². The molecular formula is C28H33N3O3. The van der Waals surface area contributed by atoms with Gasteiger partial charge in [-0.1, -0.05) is 12.1 Å². The standard InChI is InChI=1S/C28H33N3O3/c1-17-11-25(34-2)23(22-7-9-29-26(17)22)16-31-10-8-21(30-28-13-18(14-28)15-28)12-24(31)19-3-5-20(6-4-19)27(32)33/h3-7,9,11,18,21,24,29-30H,8,10,12-16H2,1-2H3,(H,32,33)/t18?,21-,24+,28?/m1/s1. The van der Waals surface area contributed by atoms with Crippen LogP contribution in [0.4, 0.5) is 0 Å². The number of nitrogens with one attached hydrogen (secondary N) is 2. The molecule has 7 rings (SSSR count). The molecule has 34 heavy (non-hydrogen) atoms. The van der Waals surface area contributed by atoms with Crippen LogP contribution in [0, 0.1) is 12.8 Å². The molecule has 4 fully saturated rings. The number of hydrogen-bond donors (Lipinski definition) is 3. The minimum atomic E-state index is -0.880. The van der Waals surface area contributed by atoms with Crippen LogP contribution in [0.3, 0.4) is 0 Å². The fourth-order valence-electron chi connectivity index (χ4n) is 6.60. The number of carboxylic acids is 1. The Morgan fingerprint density at radius 3 is 2.65 bits per heavy atom. The van der Waals surface area contributed by atoms with Crippen LogP contribution in [-0.4, -0.2) is 46.2 Å². The number of aryl methyl sites for hydroxylation is 1. The number of aromatic amines is 1. The molecule has 6 heteroatoms. The van der Waals surface area contributed by atoms with Gasteiger partial charge >= 0.3 is 5.97 Å². The van der Waals surface area contributed by atoms with E-state index in [1.165, 1.54) is 46.9 Å². The summed E-state index contributed by atoms with van der Waals surface area (Å²) in [6.45, 7) is 3.90. The van der Waals surface area contributed by atoms with Crippen LogP contribution in [0.1, 0.15) is 65.2 Å². The second kappa shape index (κ2) is 8.14. The Balaban J connectivity index is 1.31. The smallest absolute Gasteiger partial charge is 0.335 e. The third kappa shape index (κ3) is 3.60. The first-order chi connectivity index (χ1) is 16.4. The van der Waals surface area contributed by atoms with Crippen molar-refractivity contribution in [1.29, 1.82) is 0 Å². The number of ether oxygens (including phenoxy) is 1. The van der Waals surface area contributed by atoms with E-state index >= 15 is 0 Å². The van der Waals surface area contributed by atoms with Crippen LogP contribution >= 0.6 is 0 Å². The predicted molar refractivity (Wildman–Crippen MR) is 132 cm³/mol. The lowest BCUT2D eigenvalue weighted by molar-refractivity contribution is -0.0666. The number of fused-ring (bicyclic) bond motifs is 1. The number of benzene rings is 2. The minimum absolute atomic E-state index is 0.224. The lowest BCUT2D eigenvalue weighted by atomic mass is 9.49. The Morgan fingerprint density at radius 2 is 2.00 bits per heavy atom. The Hall–Kier alpha value is -2.83. The second-order valence-corrected chi connectivity index (χ2v) is 10.7. The molecule has 3 aliphatic carbocycles. The van der Waals surface area contributed by atoms with Crippen molar-refractivity contribution in [3.63, 3.8) is 0 Å². The first-order valence-electron chi connectivity index (χ1n) is 12.4. The number of H-pyrrole nitrogens is 1. The van der Waals surface area contributed by atoms with Gasteiger partial charge in [-0.25, -0.2) is 4.79 Å². The maximum atomic E-state index is 11.4. The molecule has 2 aromatic carbocycles. The summed E-state index contributed by atoms with van der Waals surface area (Å²) in [6, 6.07) is 12.5. The van der Waals surface area contributed by atoms with Crippen molar-refractivity contribution in [3.05, 3.63) is 64.8 Å². The SMILES string of the molecule is COc1cc(C)c2[nH]ccc2c1CN1CC[C@@H](NC23CC(C2)C3)C[C@H]1c1ccc(C(=O)O)cc1. The maximum Gasteiger partial charge on any atom is 0.335 e. The maximum absolute atomic E-state index is 11.4. The van der Waals surface area contributed by atoms with Gasteiger partial charge in [-0.2, -0.15) is 0 Å². The summed E-state index contributed by atoms with van der Waals surface area (Å²) in [5.74, 6) is 1.01. The van der Waals surface area contributed by atoms with E-state index in [1.54, 1.807) is 19.2 Å². The van der Waals surface area contributed by atoms with Crippen molar-refractivity contribution in [2.24, 2.45) is 5.92 Å². The molecule has 3 aromatic rings. The molecule has 178 valence electrons. The molecule has 1 aromatic heterocycles. The van der Waals surface area contributed by atoms with E-state index in [0.717, 1.165) is 37.6 Å². The van der Waals surface area contributed by atoms with Gasteiger partial charge in [-0.05, 0) is 80.3 Å². The van der Waals surface area contributed by atoms with E-state index < -0.39 is 5.97 Å². The van der Waals surface area contributed by atoms with Gasteiger partial charge in [0.15, 0.2) is 0 Å². The summed E-state index contributed by atoms with van der Waals surface area (Å²) in [4.78, 5) is 17.3. The Kier molecular flexibility index (Phi) is 5.19. The van der Waals surface area contributed by atoms with E-state index in [4.69, 9.17) is 4.74 Å². The fraction of sp³-hybridized carbons (Fsp3) is 0.464. The van der Waals surface area contributed by atoms with Crippen molar-refractivity contribution in [3.8, 4) is 5.75 Å². The number of carboxylic acid groups (broad SMARTS) is 1. The molecule has 4 aliphatic rings. The van der Waals surface area contributed by atoms with Crippen LogP contribution in [0.2, 0.25) is 0 Å². The molecule has 0 unspecified atom stereocenters. The summed E-state index contributed by atoms with van der Waals surface area (Å²) in [6.07, 6.45) is 8.19. The molecule has 1 saturated heterocycles. The topological polar surface area (TPSA) is 77.6 Å².